The lowest BCUT2D eigenvalue weighted by Crippen LogP contribution is -2.13. The number of hydrogen-bond donors (Lipinski definition) is 2. The molecule has 2 rings (SSSR count). The number of esters is 1. The van der Waals surface area contributed by atoms with Crippen LogP contribution in [0.4, 0.5) is 5.00 Å². The summed E-state index contributed by atoms with van der Waals surface area (Å²) in [6.07, 6.45) is 3.06. The number of aryl methyl sites for hydroxylation is 2. The van der Waals surface area contributed by atoms with E-state index in [-0.39, 0.29) is 22.0 Å². The number of amides is 2. The maximum absolute atomic E-state index is 12.5. The van der Waals surface area contributed by atoms with Crippen molar-refractivity contribution >= 4 is 40.2 Å². The van der Waals surface area contributed by atoms with Gasteiger partial charge in [0.15, 0.2) is 0 Å². The SMILES string of the molecule is CCOC(=O)c1c(NC(=O)/C=C/c2c(C)cc(OC)cc2C)sc(C(N)=O)c1C. The summed E-state index contributed by atoms with van der Waals surface area (Å²) in [5, 5.41) is 2.89. The number of anilines is 1. The van der Waals surface area contributed by atoms with Crippen molar-refractivity contribution in [1.82, 2.24) is 0 Å². The monoisotopic (exact) mass is 416 g/mol. The van der Waals surface area contributed by atoms with E-state index < -0.39 is 17.8 Å². The molecule has 1 aromatic heterocycles. The Bertz CT molecular complexity index is 968. The third kappa shape index (κ3) is 5.03. The number of thiophene rings is 1. The van der Waals surface area contributed by atoms with Crippen molar-refractivity contribution in [3.63, 3.8) is 0 Å². The average Bonchev–Trinajstić information content (AvgIpc) is 2.97. The number of nitrogens with two attached hydrogens (primary N) is 1. The van der Waals surface area contributed by atoms with E-state index in [0.29, 0.717) is 5.56 Å². The van der Waals surface area contributed by atoms with Gasteiger partial charge in [-0.15, -0.1) is 11.3 Å². The van der Waals surface area contributed by atoms with E-state index in [9.17, 15) is 14.4 Å². The molecule has 2 aromatic rings. The minimum absolute atomic E-state index is 0.143. The second kappa shape index (κ2) is 9.38. The van der Waals surface area contributed by atoms with Crippen LogP contribution in [0.1, 0.15) is 49.2 Å². The number of rotatable bonds is 7. The zero-order valence-electron chi connectivity index (χ0n) is 17.0. The van der Waals surface area contributed by atoms with E-state index in [1.807, 2.05) is 26.0 Å². The molecule has 0 aliphatic carbocycles. The van der Waals surface area contributed by atoms with Crippen molar-refractivity contribution in [3.05, 3.63) is 50.9 Å². The van der Waals surface area contributed by atoms with Gasteiger partial charge in [-0.05, 0) is 68.2 Å². The third-order valence-corrected chi connectivity index (χ3v) is 5.51. The van der Waals surface area contributed by atoms with Crippen molar-refractivity contribution in [2.24, 2.45) is 5.73 Å². The molecule has 1 heterocycles. The van der Waals surface area contributed by atoms with Crippen molar-refractivity contribution in [2.45, 2.75) is 27.7 Å². The summed E-state index contributed by atoms with van der Waals surface area (Å²) in [5.41, 5.74) is 8.72. The van der Waals surface area contributed by atoms with E-state index in [1.54, 1.807) is 27.0 Å². The Morgan fingerprint density at radius 1 is 1.17 bits per heavy atom. The number of carbonyl (C=O) groups is 3. The molecule has 0 saturated heterocycles. The van der Waals surface area contributed by atoms with Gasteiger partial charge in [0.1, 0.15) is 10.8 Å². The Morgan fingerprint density at radius 2 is 1.79 bits per heavy atom. The topological polar surface area (TPSA) is 108 Å². The molecule has 1 aromatic carbocycles. The van der Waals surface area contributed by atoms with Gasteiger partial charge in [0.2, 0.25) is 5.91 Å². The highest BCUT2D eigenvalue weighted by atomic mass is 32.1. The zero-order valence-corrected chi connectivity index (χ0v) is 17.9. The number of primary amides is 1. The van der Waals surface area contributed by atoms with E-state index in [2.05, 4.69) is 5.32 Å². The molecule has 0 atom stereocenters. The van der Waals surface area contributed by atoms with Crippen LogP contribution in [0.2, 0.25) is 0 Å². The van der Waals surface area contributed by atoms with E-state index in [1.165, 1.54) is 6.08 Å². The fourth-order valence-corrected chi connectivity index (χ4v) is 3.96. The fourth-order valence-electron chi connectivity index (χ4n) is 2.91. The lowest BCUT2D eigenvalue weighted by atomic mass is 10.0. The largest absolute Gasteiger partial charge is 0.497 e. The van der Waals surface area contributed by atoms with Gasteiger partial charge in [-0.3, -0.25) is 9.59 Å². The normalized spacial score (nSPS) is 10.8. The number of nitrogens with one attached hydrogen (secondary N) is 1. The van der Waals surface area contributed by atoms with Gasteiger partial charge in [0.05, 0.1) is 24.2 Å². The van der Waals surface area contributed by atoms with Crippen LogP contribution in [0, 0.1) is 20.8 Å². The summed E-state index contributed by atoms with van der Waals surface area (Å²) < 4.78 is 10.3. The summed E-state index contributed by atoms with van der Waals surface area (Å²) in [7, 11) is 1.60. The number of hydrogen-bond acceptors (Lipinski definition) is 6. The molecule has 0 fully saturated rings. The Kier molecular flexibility index (Phi) is 7.17. The van der Waals surface area contributed by atoms with Crippen LogP contribution in [-0.4, -0.2) is 31.5 Å². The molecule has 0 aliphatic heterocycles. The molecule has 0 spiro atoms. The number of benzene rings is 1. The maximum Gasteiger partial charge on any atom is 0.341 e. The number of ether oxygens (including phenoxy) is 2. The van der Waals surface area contributed by atoms with E-state index in [4.69, 9.17) is 15.2 Å². The van der Waals surface area contributed by atoms with Gasteiger partial charge < -0.3 is 20.5 Å². The van der Waals surface area contributed by atoms with Gasteiger partial charge in [-0.1, -0.05) is 0 Å². The molecule has 0 unspecified atom stereocenters. The van der Waals surface area contributed by atoms with Gasteiger partial charge in [0.25, 0.3) is 5.91 Å². The molecule has 154 valence electrons. The van der Waals surface area contributed by atoms with Crippen LogP contribution < -0.4 is 15.8 Å². The van der Waals surface area contributed by atoms with Gasteiger partial charge in [-0.25, -0.2) is 4.79 Å². The number of methoxy groups -OCH3 is 1. The standard InChI is InChI=1S/C21H24N2O5S/c1-6-28-21(26)17-13(4)18(19(22)25)29-20(17)23-16(24)8-7-15-11(2)9-14(27-5)10-12(15)3/h7-10H,6H2,1-5H3,(H2,22,25)(H,23,24)/b8-7+. The Labute approximate surface area is 173 Å². The fraction of sp³-hybridized carbons (Fsp3) is 0.286. The van der Waals surface area contributed by atoms with E-state index >= 15 is 0 Å². The maximum atomic E-state index is 12.5. The molecule has 29 heavy (non-hydrogen) atoms. The van der Waals surface area contributed by atoms with Crippen LogP contribution in [0.5, 0.6) is 5.75 Å². The quantitative estimate of drug-likeness (QED) is 0.530. The third-order valence-electron chi connectivity index (χ3n) is 4.29. The lowest BCUT2D eigenvalue weighted by molar-refractivity contribution is -0.111. The van der Waals surface area contributed by atoms with Crippen LogP contribution in [0.15, 0.2) is 18.2 Å². The summed E-state index contributed by atoms with van der Waals surface area (Å²) in [5.74, 6) is -0.982. The molecular weight excluding hydrogens is 392 g/mol. The highest BCUT2D eigenvalue weighted by molar-refractivity contribution is 7.18. The Morgan fingerprint density at radius 3 is 2.31 bits per heavy atom. The van der Waals surface area contributed by atoms with Crippen molar-refractivity contribution in [1.29, 1.82) is 0 Å². The molecular formula is C21H24N2O5S. The van der Waals surface area contributed by atoms with Crippen LogP contribution in [0.25, 0.3) is 6.08 Å². The summed E-state index contributed by atoms with van der Waals surface area (Å²) in [6, 6.07) is 3.76. The average molecular weight is 416 g/mol. The lowest BCUT2D eigenvalue weighted by Gasteiger charge is -2.09. The van der Waals surface area contributed by atoms with Gasteiger partial charge in [0, 0.05) is 6.08 Å². The Hall–Kier alpha value is -3.13. The molecule has 2 amide bonds. The zero-order chi connectivity index (χ0) is 21.7. The molecule has 0 radical (unpaired) electrons. The second-order valence-electron chi connectivity index (χ2n) is 6.34. The predicted octanol–water partition coefficient (Wildman–Crippen LogP) is 3.61. The van der Waals surface area contributed by atoms with Crippen molar-refractivity contribution in [3.8, 4) is 5.75 Å². The first-order valence-electron chi connectivity index (χ1n) is 8.94. The van der Waals surface area contributed by atoms with E-state index in [0.717, 1.165) is 33.8 Å². The minimum atomic E-state index is -0.668. The summed E-state index contributed by atoms with van der Waals surface area (Å²) in [4.78, 5) is 36.6. The first-order valence-corrected chi connectivity index (χ1v) is 9.75. The van der Waals surface area contributed by atoms with Crippen LogP contribution >= 0.6 is 11.3 Å². The molecule has 0 aliphatic rings. The van der Waals surface area contributed by atoms with Gasteiger partial charge in [-0.2, -0.15) is 0 Å². The highest BCUT2D eigenvalue weighted by Crippen LogP contribution is 2.33. The molecule has 8 heteroatoms. The van der Waals surface area contributed by atoms with Gasteiger partial charge >= 0.3 is 5.97 Å². The molecule has 0 saturated carbocycles. The van der Waals surface area contributed by atoms with Crippen LogP contribution in [-0.2, 0) is 9.53 Å². The second-order valence-corrected chi connectivity index (χ2v) is 7.36. The highest BCUT2D eigenvalue weighted by Gasteiger charge is 2.25. The summed E-state index contributed by atoms with van der Waals surface area (Å²) >= 11 is 0.952. The van der Waals surface area contributed by atoms with Crippen LogP contribution in [0.3, 0.4) is 0 Å². The predicted molar refractivity (Wildman–Crippen MR) is 114 cm³/mol. The van der Waals surface area contributed by atoms with Crippen molar-refractivity contribution < 1.29 is 23.9 Å². The number of carbonyl (C=O) groups excluding carboxylic acids is 3. The first-order chi connectivity index (χ1) is 13.7. The Balaban J connectivity index is 2.31. The smallest absolute Gasteiger partial charge is 0.341 e. The van der Waals surface area contributed by atoms with Crippen molar-refractivity contribution in [2.75, 3.05) is 19.0 Å². The minimum Gasteiger partial charge on any atom is -0.497 e. The first kappa shape index (κ1) is 22.2. The summed E-state index contributed by atoms with van der Waals surface area (Å²) in [6.45, 7) is 7.29. The molecule has 0 bridgehead atoms. The molecule has 3 N–H and O–H groups in total. The molecule has 7 nitrogen and oxygen atoms in total.